The molecule has 0 aliphatic heterocycles. The lowest BCUT2D eigenvalue weighted by Crippen LogP contribution is -2.05. The number of halogens is 5. The van der Waals surface area contributed by atoms with Gasteiger partial charge in [-0.3, -0.25) is 0 Å². The lowest BCUT2D eigenvalue weighted by Gasteiger charge is -2.40. The van der Waals surface area contributed by atoms with E-state index in [4.69, 9.17) is 0 Å². The number of hydrogen-bond donors (Lipinski definition) is 1. The van der Waals surface area contributed by atoms with Gasteiger partial charge >= 0.3 is 10.2 Å². The van der Waals surface area contributed by atoms with Crippen molar-refractivity contribution >= 4 is 22.4 Å². The van der Waals surface area contributed by atoms with Crippen molar-refractivity contribution in [3.05, 3.63) is 41.7 Å². The molecule has 0 saturated heterocycles. The van der Waals surface area contributed by atoms with Gasteiger partial charge in [-0.25, -0.2) is 0 Å². The first kappa shape index (κ1) is 13.5. The maximum atomic E-state index is 12.4. The minimum absolute atomic E-state index is 0.341. The number of hydrogen-bond acceptors (Lipinski definition) is 2. The van der Waals surface area contributed by atoms with Crippen LogP contribution >= 0.6 is 10.2 Å². The maximum absolute atomic E-state index is 12.4. The third-order valence-corrected chi connectivity index (χ3v) is 3.37. The number of aromatic amines is 1. The van der Waals surface area contributed by atoms with Gasteiger partial charge in [-0.2, -0.15) is 15.4 Å². The van der Waals surface area contributed by atoms with Gasteiger partial charge in [0.15, 0.2) is 0 Å². The monoisotopic (exact) mass is 297 g/mol. The van der Waals surface area contributed by atoms with Gasteiger partial charge in [0.2, 0.25) is 0 Å². The first-order chi connectivity index (χ1) is 8.54. The molecule has 1 aromatic heterocycles. The zero-order valence-corrected chi connectivity index (χ0v) is 10.1. The Morgan fingerprint density at radius 2 is 1.58 bits per heavy atom. The number of H-pyrrole nitrogens is 1. The highest BCUT2D eigenvalue weighted by molar-refractivity contribution is 8.45. The normalized spacial score (nSPS) is 16.3. The summed E-state index contributed by atoms with van der Waals surface area (Å²) in [5.74, 6) is 0. The summed E-state index contributed by atoms with van der Waals surface area (Å²) in [5, 5.41) is 9.57. The largest absolute Gasteiger partial charge is 0.310 e. The summed E-state index contributed by atoms with van der Waals surface area (Å²) < 4.78 is 62.2. The number of nitrogens with zero attached hydrogens (tertiary/aromatic N) is 2. The van der Waals surface area contributed by atoms with Gasteiger partial charge in [0, 0.05) is 0 Å². The molecule has 0 radical (unpaired) electrons. The van der Waals surface area contributed by atoms with E-state index in [-0.39, 0.29) is 0 Å². The minimum atomic E-state index is -9.59. The van der Waals surface area contributed by atoms with E-state index in [9.17, 15) is 19.4 Å². The molecule has 1 heterocycles. The molecule has 0 saturated carbocycles. The first-order valence-electron chi connectivity index (χ1n) is 4.93. The van der Waals surface area contributed by atoms with Gasteiger partial charge in [-0.05, 0) is 23.8 Å². The molecule has 0 spiro atoms. The van der Waals surface area contributed by atoms with E-state index in [0.717, 1.165) is 12.1 Å². The fourth-order valence-electron chi connectivity index (χ4n) is 1.31. The Bertz CT molecular complexity index is 601. The minimum Gasteiger partial charge on any atom is -0.197 e. The average Bonchev–Trinajstić information content (AvgIpc) is 2.76. The Balaban J connectivity index is 2.26. The van der Waals surface area contributed by atoms with Crippen LogP contribution in [0, 0.1) is 0 Å². The second-order valence-corrected chi connectivity index (χ2v) is 6.18. The highest BCUT2D eigenvalue weighted by atomic mass is 32.5. The van der Waals surface area contributed by atoms with E-state index in [0.29, 0.717) is 23.4 Å². The maximum Gasteiger partial charge on any atom is 0.310 e. The predicted octanol–water partition coefficient (Wildman–Crippen LogP) is 4.63. The summed E-state index contributed by atoms with van der Waals surface area (Å²) in [4.78, 5) is -1.90. The molecule has 1 aromatic carbocycles. The standard InChI is InChI=1S/C10H8F5N3S/c11-19(12,13,14,15)10-5-2-8(3-6-10)1-4-9-7-16-18-17-9/h1-7H,(H,16,17,18)/b4-1+. The highest BCUT2D eigenvalue weighted by Gasteiger charge is 2.65. The number of benzene rings is 1. The van der Waals surface area contributed by atoms with Crippen molar-refractivity contribution < 1.29 is 19.4 Å². The van der Waals surface area contributed by atoms with Crippen molar-refractivity contribution in [3.8, 4) is 0 Å². The molecule has 9 heteroatoms. The molecule has 0 aliphatic rings. The van der Waals surface area contributed by atoms with Crippen LogP contribution in [-0.4, -0.2) is 15.4 Å². The smallest absolute Gasteiger partial charge is 0.197 e. The van der Waals surface area contributed by atoms with Crippen LogP contribution in [0.4, 0.5) is 19.4 Å². The Kier molecular flexibility index (Phi) is 2.54. The van der Waals surface area contributed by atoms with Gasteiger partial charge < -0.3 is 0 Å². The first-order valence-corrected chi connectivity index (χ1v) is 6.88. The summed E-state index contributed by atoms with van der Waals surface area (Å²) in [7, 11) is -9.59. The second-order valence-electron chi connectivity index (χ2n) is 3.77. The lowest BCUT2D eigenvalue weighted by molar-refractivity contribution is 0.364. The Labute approximate surface area is 104 Å². The quantitative estimate of drug-likeness (QED) is 0.839. The summed E-state index contributed by atoms with van der Waals surface area (Å²) in [6.07, 6.45) is 4.32. The van der Waals surface area contributed by atoms with Gasteiger partial charge in [0.1, 0.15) is 10.6 Å². The van der Waals surface area contributed by atoms with Crippen molar-refractivity contribution in [2.75, 3.05) is 0 Å². The van der Waals surface area contributed by atoms with Crippen molar-refractivity contribution in [1.82, 2.24) is 15.4 Å². The van der Waals surface area contributed by atoms with Crippen molar-refractivity contribution in [2.45, 2.75) is 4.90 Å². The summed E-state index contributed by atoms with van der Waals surface area (Å²) in [6, 6.07) is 2.65. The van der Waals surface area contributed by atoms with Crippen LogP contribution in [-0.2, 0) is 0 Å². The van der Waals surface area contributed by atoms with Crippen molar-refractivity contribution in [1.29, 1.82) is 0 Å². The molecule has 2 aromatic rings. The molecule has 1 N–H and O–H groups in total. The van der Waals surface area contributed by atoms with E-state index < -0.39 is 15.1 Å². The van der Waals surface area contributed by atoms with E-state index >= 15 is 0 Å². The summed E-state index contributed by atoms with van der Waals surface area (Å²) in [6.45, 7) is 0. The van der Waals surface area contributed by atoms with Crippen LogP contribution < -0.4 is 0 Å². The topological polar surface area (TPSA) is 41.6 Å². The third-order valence-electron chi connectivity index (χ3n) is 2.21. The fourth-order valence-corrected chi connectivity index (χ4v) is 1.96. The highest BCUT2D eigenvalue weighted by Crippen LogP contribution is 3.02. The number of rotatable bonds is 3. The van der Waals surface area contributed by atoms with Crippen LogP contribution in [0.25, 0.3) is 12.2 Å². The molecule has 3 nitrogen and oxygen atoms in total. The van der Waals surface area contributed by atoms with E-state index in [1.165, 1.54) is 18.3 Å². The predicted molar refractivity (Wildman–Crippen MR) is 63.1 cm³/mol. The van der Waals surface area contributed by atoms with Gasteiger partial charge in [0.05, 0.1) is 6.20 Å². The zero-order valence-electron chi connectivity index (χ0n) is 9.23. The molecule has 19 heavy (non-hydrogen) atoms. The zero-order chi connectivity index (χ0) is 14.2. The Morgan fingerprint density at radius 1 is 0.947 bits per heavy atom. The van der Waals surface area contributed by atoms with Crippen LogP contribution in [0.5, 0.6) is 0 Å². The molecule has 0 unspecified atom stereocenters. The van der Waals surface area contributed by atoms with Crippen LogP contribution in [0.1, 0.15) is 11.3 Å². The molecule has 0 amide bonds. The van der Waals surface area contributed by atoms with Crippen LogP contribution in [0.2, 0.25) is 0 Å². The van der Waals surface area contributed by atoms with Gasteiger partial charge in [0.25, 0.3) is 0 Å². The SMILES string of the molecule is FS(F)(F)(F)(F)c1ccc(/C=C/c2cn[nH]n2)cc1. The molecule has 0 fully saturated rings. The Hall–Kier alpha value is -1.90. The molecule has 2 rings (SSSR count). The summed E-state index contributed by atoms with van der Waals surface area (Å²) >= 11 is 0. The van der Waals surface area contributed by atoms with Gasteiger partial charge in [-0.1, -0.05) is 37.6 Å². The van der Waals surface area contributed by atoms with E-state index in [2.05, 4.69) is 15.4 Å². The Morgan fingerprint density at radius 3 is 2.05 bits per heavy atom. The molecule has 0 aliphatic carbocycles. The van der Waals surface area contributed by atoms with Crippen LogP contribution in [0.3, 0.4) is 0 Å². The third kappa shape index (κ3) is 3.53. The molecular weight excluding hydrogens is 289 g/mol. The molecule has 0 bridgehead atoms. The van der Waals surface area contributed by atoms with E-state index in [1.807, 2.05) is 0 Å². The fraction of sp³-hybridized carbons (Fsp3) is 0. The molecular formula is C10H8F5N3S. The van der Waals surface area contributed by atoms with E-state index in [1.54, 1.807) is 0 Å². The van der Waals surface area contributed by atoms with Gasteiger partial charge in [-0.15, -0.1) is 0 Å². The molecule has 104 valence electrons. The van der Waals surface area contributed by atoms with Crippen LogP contribution in [0.15, 0.2) is 35.4 Å². The van der Waals surface area contributed by atoms with Crippen molar-refractivity contribution in [3.63, 3.8) is 0 Å². The molecule has 0 atom stereocenters. The summed E-state index contributed by atoms with van der Waals surface area (Å²) in [5.41, 5.74) is 0.811. The number of nitrogens with one attached hydrogen (secondary N) is 1. The van der Waals surface area contributed by atoms with Crippen molar-refractivity contribution in [2.24, 2.45) is 0 Å². The lowest BCUT2D eigenvalue weighted by atomic mass is 10.2. The number of aromatic nitrogens is 3. The average molecular weight is 297 g/mol. The second kappa shape index (κ2) is 3.56.